The maximum absolute atomic E-state index is 12.6. The van der Waals surface area contributed by atoms with Crippen LogP contribution in [0.4, 0.5) is 0 Å². The Labute approximate surface area is 115 Å². The molecule has 104 valence electrons. The smallest absolute Gasteiger partial charge is 0.345 e. The highest BCUT2D eigenvalue weighted by molar-refractivity contribution is 7.89. The molecule has 0 unspecified atom stereocenters. The zero-order valence-corrected chi connectivity index (χ0v) is 11.9. The van der Waals surface area contributed by atoms with Crippen LogP contribution in [-0.4, -0.2) is 36.4 Å². The van der Waals surface area contributed by atoms with Crippen molar-refractivity contribution < 1.29 is 18.3 Å². The quantitative estimate of drug-likeness (QED) is 0.872. The molecular formula is C12H15NO4S2. The molecule has 0 aromatic carbocycles. The van der Waals surface area contributed by atoms with Gasteiger partial charge in [-0.25, -0.2) is 13.2 Å². The number of thiophene rings is 1. The number of carboxylic acid groups (broad SMARTS) is 1. The molecular weight excluding hydrogens is 286 g/mol. The molecule has 2 aliphatic rings. The van der Waals surface area contributed by atoms with E-state index in [-0.39, 0.29) is 15.8 Å². The van der Waals surface area contributed by atoms with Gasteiger partial charge in [-0.1, -0.05) is 0 Å². The second-order valence-corrected chi connectivity index (χ2v) is 8.00. The van der Waals surface area contributed by atoms with Crippen molar-refractivity contribution >= 4 is 27.3 Å². The van der Waals surface area contributed by atoms with E-state index in [4.69, 9.17) is 5.11 Å². The third kappa shape index (κ3) is 2.68. The van der Waals surface area contributed by atoms with Gasteiger partial charge < -0.3 is 5.11 Å². The lowest BCUT2D eigenvalue weighted by Gasteiger charge is -2.20. The fraction of sp³-hybridized carbons (Fsp3) is 0.583. The SMILES string of the molecule is O=C(O)c1cc(S(=O)(=O)N(CC2CC2)C2CC2)cs1. The van der Waals surface area contributed by atoms with Crippen LogP contribution < -0.4 is 0 Å². The highest BCUT2D eigenvalue weighted by atomic mass is 32.2. The van der Waals surface area contributed by atoms with E-state index in [1.165, 1.54) is 11.4 Å². The summed E-state index contributed by atoms with van der Waals surface area (Å²) in [6.45, 7) is 0.589. The largest absolute Gasteiger partial charge is 0.477 e. The number of nitrogens with zero attached hydrogens (tertiary/aromatic N) is 1. The van der Waals surface area contributed by atoms with Gasteiger partial charge in [-0.2, -0.15) is 4.31 Å². The molecule has 0 bridgehead atoms. The van der Waals surface area contributed by atoms with Crippen LogP contribution in [-0.2, 0) is 10.0 Å². The lowest BCUT2D eigenvalue weighted by molar-refractivity contribution is 0.0702. The molecule has 3 rings (SSSR count). The summed E-state index contributed by atoms with van der Waals surface area (Å²) < 4.78 is 26.7. The van der Waals surface area contributed by atoms with Crippen LogP contribution in [0.5, 0.6) is 0 Å². The Balaban J connectivity index is 1.87. The Morgan fingerprint density at radius 3 is 2.53 bits per heavy atom. The summed E-state index contributed by atoms with van der Waals surface area (Å²) >= 11 is 0.963. The van der Waals surface area contributed by atoms with Gasteiger partial charge in [-0.3, -0.25) is 0 Å². The Morgan fingerprint density at radius 2 is 2.05 bits per heavy atom. The third-order valence-electron chi connectivity index (χ3n) is 3.48. The summed E-state index contributed by atoms with van der Waals surface area (Å²) in [6, 6.07) is 1.39. The number of aromatic carboxylic acids is 1. The molecule has 0 aliphatic heterocycles. The first-order valence-corrected chi connectivity index (χ1v) is 8.64. The van der Waals surface area contributed by atoms with Gasteiger partial charge in [0.1, 0.15) is 4.88 Å². The second kappa shape index (κ2) is 4.57. The van der Waals surface area contributed by atoms with Crippen molar-refractivity contribution in [2.24, 2.45) is 5.92 Å². The van der Waals surface area contributed by atoms with Crippen LogP contribution in [0, 0.1) is 5.92 Å². The second-order valence-electron chi connectivity index (χ2n) is 5.20. The molecule has 19 heavy (non-hydrogen) atoms. The lowest BCUT2D eigenvalue weighted by atomic mass is 10.4. The topological polar surface area (TPSA) is 74.7 Å². The van der Waals surface area contributed by atoms with Gasteiger partial charge in [-0.05, 0) is 37.7 Å². The first-order chi connectivity index (χ1) is 8.98. The number of hydrogen-bond donors (Lipinski definition) is 1. The fourth-order valence-electron chi connectivity index (χ4n) is 2.06. The maximum atomic E-state index is 12.6. The van der Waals surface area contributed by atoms with Crippen molar-refractivity contribution in [2.45, 2.75) is 36.6 Å². The summed E-state index contributed by atoms with van der Waals surface area (Å²) in [5, 5.41) is 10.3. The number of carbonyl (C=O) groups is 1. The van der Waals surface area contributed by atoms with E-state index in [0.717, 1.165) is 37.0 Å². The van der Waals surface area contributed by atoms with E-state index >= 15 is 0 Å². The van der Waals surface area contributed by atoms with Gasteiger partial charge >= 0.3 is 5.97 Å². The zero-order valence-electron chi connectivity index (χ0n) is 10.3. The van der Waals surface area contributed by atoms with Crippen molar-refractivity contribution in [3.8, 4) is 0 Å². The molecule has 1 aromatic rings. The molecule has 2 aliphatic carbocycles. The Morgan fingerprint density at radius 1 is 1.37 bits per heavy atom. The molecule has 0 radical (unpaired) electrons. The average Bonchev–Trinajstić information content (AvgIpc) is 3.24. The van der Waals surface area contributed by atoms with E-state index < -0.39 is 16.0 Å². The fourth-order valence-corrected chi connectivity index (χ4v) is 4.92. The van der Waals surface area contributed by atoms with Crippen molar-refractivity contribution in [3.63, 3.8) is 0 Å². The summed E-state index contributed by atoms with van der Waals surface area (Å²) in [5.74, 6) is -0.584. The molecule has 7 heteroatoms. The predicted octanol–water partition coefficient (Wildman–Crippen LogP) is 2.01. The first kappa shape index (κ1) is 13.1. The van der Waals surface area contributed by atoms with E-state index in [9.17, 15) is 13.2 Å². The van der Waals surface area contributed by atoms with Crippen molar-refractivity contribution in [3.05, 3.63) is 16.3 Å². The third-order valence-corrected chi connectivity index (χ3v) is 6.45. The summed E-state index contributed by atoms with van der Waals surface area (Å²) in [6.07, 6.45) is 4.04. The molecule has 0 amide bonds. The molecule has 2 fully saturated rings. The van der Waals surface area contributed by atoms with Crippen LogP contribution in [0.1, 0.15) is 35.4 Å². The molecule has 0 atom stereocenters. The van der Waals surface area contributed by atoms with Crippen LogP contribution in [0.25, 0.3) is 0 Å². The first-order valence-electron chi connectivity index (χ1n) is 6.32. The van der Waals surface area contributed by atoms with Crippen LogP contribution in [0.15, 0.2) is 16.3 Å². The van der Waals surface area contributed by atoms with Gasteiger partial charge in [-0.15, -0.1) is 11.3 Å². The Kier molecular flexibility index (Phi) is 3.15. The molecule has 2 saturated carbocycles. The van der Waals surface area contributed by atoms with E-state index in [1.807, 2.05) is 0 Å². The van der Waals surface area contributed by atoms with Crippen LogP contribution in [0.3, 0.4) is 0 Å². The molecule has 1 heterocycles. The minimum Gasteiger partial charge on any atom is -0.477 e. The van der Waals surface area contributed by atoms with Gasteiger partial charge in [0.25, 0.3) is 0 Å². The van der Waals surface area contributed by atoms with Crippen molar-refractivity contribution in [2.75, 3.05) is 6.54 Å². The standard InChI is InChI=1S/C12H15NO4S2/c14-12(15)11-5-10(7-18-11)19(16,17)13(9-3-4-9)6-8-1-2-8/h5,7-9H,1-4,6H2,(H,14,15). The van der Waals surface area contributed by atoms with E-state index in [2.05, 4.69) is 0 Å². The monoisotopic (exact) mass is 301 g/mol. The number of carboxylic acids is 1. The summed E-state index contributed by atoms with van der Waals surface area (Å²) in [7, 11) is -3.53. The van der Waals surface area contributed by atoms with Gasteiger partial charge in [0, 0.05) is 18.0 Å². The van der Waals surface area contributed by atoms with E-state index in [0.29, 0.717) is 12.5 Å². The minimum atomic E-state index is -3.53. The van der Waals surface area contributed by atoms with Crippen LogP contribution in [0.2, 0.25) is 0 Å². The molecule has 1 N–H and O–H groups in total. The van der Waals surface area contributed by atoms with Gasteiger partial charge in [0.2, 0.25) is 10.0 Å². The maximum Gasteiger partial charge on any atom is 0.345 e. The minimum absolute atomic E-state index is 0.0701. The van der Waals surface area contributed by atoms with Crippen molar-refractivity contribution in [1.82, 2.24) is 4.31 Å². The van der Waals surface area contributed by atoms with Crippen molar-refractivity contribution in [1.29, 1.82) is 0 Å². The molecule has 1 aromatic heterocycles. The lowest BCUT2D eigenvalue weighted by Crippen LogP contribution is -2.34. The zero-order chi connectivity index (χ0) is 13.6. The van der Waals surface area contributed by atoms with E-state index in [1.54, 1.807) is 4.31 Å². The highest BCUT2D eigenvalue weighted by Gasteiger charge is 2.41. The summed E-state index contributed by atoms with van der Waals surface area (Å²) in [5.41, 5.74) is 0. The number of sulfonamides is 1. The highest BCUT2D eigenvalue weighted by Crippen LogP contribution is 2.38. The normalized spacial score (nSPS) is 19.8. The average molecular weight is 301 g/mol. The number of hydrogen-bond acceptors (Lipinski definition) is 4. The van der Waals surface area contributed by atoms with Crippen LogP contribution >= 0.6 is 11.3 Å². The molecule has 5 nitrogen and oxygen atoms in total. The predicted molar refractivity (Wildman–Crippen MR) is 70.9 cm³/mol. The molecule has 0 saturated heterocycles. The number of rotatable bonds is 6. The molecule has 0 spiro atoms. The van der Waals surface area contributed by atoms with Gasteiger partial charge in [0.15, 0.2) is 0 Å². The Bertz CT molecular complexity index is 599. The Hall–Kier alpha value is -0.920. The summed E-state index contributed by atoms with van der Waals surface area (Å²) in [4.78, 5) is 11.0. The van der Waals surface area contributed by atoms with Gasteiger partial charge in [0.05, 0.1) is 4.90 Å².